The minimum atomic E-state index is -0.317. The van der Waals surface area contributed by atoms with Crippen LogP contribution in [0.5, 0.6) is 11.5 Å². The van der Waals surface area contributed by atoms with Gasteiger partial charge in [-0.2, -0.15) is 0 Å². The van der Waals surface area contributed by atoms with Crippen LogP contribution in [0.2, 0.25) is 0 Å². The summed E-state index contributed by atoms with van der Waals surface area (Å²) < 4.78 is 10.4. The Morgan fingerprint density at radius 1 is 1.19 bits per heavy atom. The lowest BCUT2D eigenvalue weighted by molar-refractivity contribution is -0.128. The maximum Gasteiger partial charge on any atom is 0.252 e. The third-order valence-electron chi connectivity index (χ3n) is 2.73. The minimum Gasteiger partial charge on any atom is -0.497 e. The number of amides is 2. The molecule has 1 aromatic rings. The third-order valence-corrected chi connectivity index (χ3v) is 2.73. The van der Waals surface area contributed by atoms with Gasteiger partial charge in [-0.3, -0.25) is 25.3 Å². The SMILES string of the molecule is COc1ccc(CN(C)CC(=O)NNC(C)=O)c(OC)c1. The summed E-state index contributed by atoms with van der Waals surface area (Å²) in [5, 5.41) is 0. The summed E-state index contributed by atoms with van der Waals surface area (Å²) in [6.45, 7) is 2.00. The Morgan fingerprint density at radius 3 is 2.48 bits per heavy atom. The van der Waals surface area contributed by atoms with Gasteiger partial charge in [0, 0.05) is 25.1 Å². The van der Waals surface area contributed by atoms with Crippen molar-refractivity contribution in [3.8, 4) is 11.5 Å². The van der Waals surface area contributed by atoms with Gasteiger partial charge < -0.3 is 9.47 Å². The van der Waals surface area contributed by atoms with Crippen LogP contribution in [-0.2, 0) is 16.1 Å². The van der Waals surface area contributed by atoms with Gasteiger partial charge in [0.25, 0.3) is 5.91 Å². The number of hydrogen-bond donors (Lipinski definition) is 2. The number of carbonyl (C=O) groups excluding carboxylic acids is 2. The van der Waals surface area contributed by atoms with E-state index in [-0.39, 0.29) is 18.4 Å². The molecule has 0 aliphatic heterocycles. The number of methoxy groups -OCH3 is 2. The number of carbonyl (C=O) groups is 2. The van der Waals surface area contributed by atoms with Crippen LogP contribution in [0.4, 0.5) is 0 Å². The fraction of sp³-hybridized carbons (Fsp3) is 0.429. The molecule has 2 amide bonds. The van der Waals surface area contributed by atoms with E-state index in [0.717, 1.165) is 5.56 Å². The second kappa shape index (κ2) is 8.11. The standard InChI is InChI=1S/C14H21N3O4/c1-10(18)15-16-14(19)9-17(2)8-11-5-6-12(20-3)7-13(11)21-4/h5-7H,8-9H2,1-4H3,(H,15,18)(H,16,19). The predicted octanol–water partition coefficient (Wildman–Crippen LogP) is 0.303. The van der Waals surface area contributed by atoms with E-state index in [1.54, 1.807) is 27.3 Å². The first kappa shape index (κ1) is 16.8. The van der Waals surface area contributed by atoms with Crippen LogP contribution < -0.4 is 20.3 Å². The van der Waals surface area contributed by atoms with Gasteiger partial charge in [-0.1, -0.05) is 6.07 Å². The van der Waals surface area contributed by atoms with Crippen LogP contribution in [0.15, 0.2) is 18.2 Å². The Morgan fingerprint density at radius 2 is 1.90 bits per heavy atom. The Bertz CT molecular complexity index is 505. The van der Waals surface area contributed by atoms with Crippen LogP contribution in [0.25, 0.3) is 0 Å². The number of rotatable bonds is 6. The molecule has 0 aromatic heterocycles. The largest absolute Gasteiger partial charge is 0.497 e. The molecule has 0 saturated carbocycles. The smallest absolute Gasteiger partial charge is 0.252 e. The van der Waals surface area contributed by atoms with Gasteiger partial charge in [0.1, 0.15) is 11.5 Å². The van der Waals surface area contributed by atoms with Crippen molar-refractivity contribution in [2.45, 2.75) is 13.5 Å². The van der Waals surface area contributed by atoms with E-state index in [2.05, 4.69) is 10.9 Å². The molecule has 21 heavy (non-hydrogen) atoms. The molecule has 0 bridgehead atoms. The lowest BCUT2D eigenvalue weighted by atomic mass is 10.2. The van der Waals surface area contributed by atoms with E-state index in [1.807, 2.05) is 17.0 Å². The highest BCUT2D eigenvalue weighted by atomic mass is 16.5. The van der Waals surface area contributed by atoms with E-state index < -0.39 is 0 Å². The van der Waals surface area contributed by atoms with Gasteiger partial charge in [0.05, 0.1) is 20.8 Å². The van der Waals surface area contributed by atoms with E-state index in [1.165, 1.54) is 6.92 Å². The molecule has 0 spiro atoms. The Labute approximate surface area is 124 Å². The summed E-state index contributed by atoms with van der Waals surface area (Å²) >= 11 is 0. The van der Waals surface area contributed by atoms with Gasteiger partial charge in [-0.05, 0) is 13.1 Å². The van der Waals surface area contributed by atoms with Crippen molar-refractivity contribution in [2.24, 2.45) is 0 Å². The predicted molar refractivity (Wildman–Crippen MR) is 77.8 cm³/mol. The summed E-state index contributed by atoms with van der Waals surface area (Å²) in [4.78, 5) is 24.1. The molecule has 1 aromatic carbocycles. The second-order valence-corrected chi connectivity index (χ2v) is 4.58. The van der Waals surface area contributed by atoms with Gasteiger partial charge in [-0.25, -0.2) is 0 Å². The molecule has 7 nitrogen and oxygen atoms in total. The Kier molecular flexibility index (Phi) is 6.48. The lowest BCUT2D eigenvalue weighted by Gasteiger charge is -2.18. The van der Waals surface area contributed by atoms with Crippen LogP contribution in [-0.4, -0.2) is 44.5 Å². The maximum atomic E-state index is 11.6. The zero-order valence-electron chi connectivity index (χ0n) is 12.7. The fourth-order valence-corrected chi connectivity index (χ4v) is 1.77. The molecule has 0 atom stereocenters. The number of likely N-dealkylation sites (N-methyl/N-ethyl adjacent to an activating group) is 1. The van der Waals surface area contributed by atoms with Crippen LogP contribution in [0.3, 0.4) is 0 Å². The highest BCUT2D eigenvalue weighted by Crippen LogP contribution is 2.25. The number of hydrazine groups is 1. The summed E-state index contributed by atoms with van der Waals surface area (Å²) in [6.07, 6.45) is 0. The van der Waals surface area contributed by atoms with Gasteiger partial charge in [0.15, 0.2) is 0 Å². The normalized spacial score (nSPS) is 10.1. The molecule has 0 fully saturated rings. The first-order valence-corrected chi connectivity index (χ1v) is 6.41. The monoisotopic (exact) mass is 295 g/mol. The molecule has 0 heterocycles. The molecule has 0 aliphatic rings. The van der Waals surface area contributed by atoms with Crippen LogP contribution >= 0.6 is 0 Å². The Balaban J connectivity index is 2.59. The molecular formula is C14H21N3O4. The molecule has 0 radical (unpaired) electrons. The lowest BCUT2D eigenvalue weighted by Crippen LogP contribution is -2.44. The number of benzene rings is 1. The first-order valence-electron chi connectivity index (χ1n) is 6.41. The first-order chi connectivity index (χ1) is 9.96. The van der Waals surface area contributed by atoms with Crippen molar-refractivity contribution >= 4 is 11.8 Å². The van der Waals surface area contributed by atoms with E-state index in [4.69, 9.17) is 9.47 Å². The molecule has 2 N–H and O–H groups in total. The summed E-state index contributed by atoms with van der Waals surface area (Å²) in [7, 11) is 4.98. The highest BCUT2D eigenvalue weighted by Gasteiger charge is 2.11. The average molecular weight is 295 g/mol. The molecule has 0 unspecified atom stereocenters. The zero-order valence-corrected chi connectivity index (χ0v) is 12.7. The third kappa shape index (κ3) is 5.70. The van der Waals surface area contributed by atoms with E-state index in [9.17, 15) is 9.59 Å². The van der Waals surface area contributed by atoms with Gasteiger partial charge in [-0.15, -0.1) is 0 Å². The van der Waals surface area contributed by atoms with E-state index >= 15 is 0 Å². The zero-order chi connectivity index (χ0) is 15.8. The minimum absolute atomic E-state index is 0.148. The van der Waals surface area contributed by atoms with Crippen molar-refractivity contribution in [3.63, 3.8) is 0 Å². The van der Waals surface area contributed by atoms with Gasteiger partial charge >= 0.3 is 0 Å². The van der Waals surface area contributed by atoms with Gasteiger partial charge in [0.2, 0.25) is 5.91 Å². The van der Waals surface area contributed by atoms with Crippen molar-refractivity contribution < 1.29 is 19.1 Å². The van der Waals surface area contributed by atoms with Crippen molar-refractivity contribution in [3.05, 3.63) is 23.8 Å². The highest BCUT2D eigenvalue weighted by molar-refractivity contribution is 5.81. The second-order valence-electron chi connectivity index (χ2n) is 4.58. The van der Waals surface area contributed by atoms with Crippen molar-refractivity contribution in [1.29, 1.82) is 0 Å². The van der Waals surface area contributed by atoms with Crippen molar-refractivity contribution in [1.82, 2.24) is 15.8 Å². The molecule has 0 saturated heterocycles. The Hall–Kier alpha value is -2.28. The molecule has 116 valence electrons. The van der Waals surface area contributed by atoms with Crippen molar-refractivity contribution in [2.75, 3.05) is 27.8 Å². The summed E-state index contributed by atoms with van der Waals surface area (Å²) in [5.41, 5.74) is 5.50. The fourth-order valence-electron chi connectivity index (χ4n) is 1.77. The van der Waals surface area contributed by atoms with E-state index in [0.29, 0.717) is 18.0 Å². The molecule has 1 rings (SSSR count). The topological polar surface area (TPSA) is 79.9 Å². The summed E-state index contributed by atoms with van der Waals surface area (Å²) in [6, 6.07) is 5.52. The quantitative estimate of drug-likeness (QED) is 0.738. The van der Waals surface area contributed by atoms with Crippen LogP contribution in [0.1, 0.15) is 12.5 Å². The summed E-state index contributed by atoms with van der Waals surface area (Å²) in [5.74, 6) is 0.799. The van der Waals surface area contributed by atoms with Crippen LogP contribution in [0, 0.1) is 0 Å². The average Bonchev–Trinajstić information content (AvgIpc) is 2.45. The molecular weight excluding hydrogens is 274 g/mol. The molecule has 7 heteroatoms. The number of hydrogen-bond acceptors (Lipinski definition) is 5. The number of nitrogens with zero attached hydrogens (tertiary/aromatic N) is 1. The maximum absolute atomic E-state index is 11.6. The number of nitrogens with one attached hydrogen (secondary N) is 2. The molecule has 0 aliphatic carbocycles. The number of ether oxygens (including phenoxy) is 2.